The maximum Gasteiger partial charge on any atom is 0.231 e. The number of nitrogens with one attached hydrogen (secondary N) is 2. The molecule has 2 heterocycles. The predicted molar refractivity (Wildman–Crippen MR) is 93.0 cm³/mol. The van der Waals surface area contributed by atoms with Crippen LogP contribution in [0.15, 0.2) is 24.3 Å². The minimum atomic E-state index is 0. The molecule has 0 aliphatic carbocycles. The number of hydrogen-bond donors (Lipinski definition) is 2. The Labute approximate surface area is 143 Å². The van der Waals surface area contributed by atoms with Crippen molar-refractivity contribution in [3.63, 3.8) is 0 Å². The molecule has 2 aliphatic rings. The monoisotopic (exact) mass is 337 g/mol. The second-order valence-electron chi connectivity index (χ2n) is 6.10. The third-order valence-electron chi connectivity index (χ3n) is 4.52. The van der Waals surface area contributed by atoms with Crippen LogP contribution in [0.3, 0.4) is 0 Å². The van der Waals surface area contributed by atoms with E-state index in [0.29, 0.717) is 31.8 Å². The van der Waals surface area contributed by atoms with Crippen LogP contribution in [0.5, 0.6) is 0 Å². The second-order valence-corrected chi connectivity index (χ2v) is 6.10. The van der Waals surface area contributed by atoms with Crippen molar-refractivity contribution in [2.75, 3.05) is 31.1 Å². The van der Waals surface area contributed by atoms with E-state index in [1.165, 1.54) is 6.42 Å². The van der Waals surface area contributed by atoms with Crippen molar-refractivity contribution in [1.82, 2.24) is 10.6 Å². The Balaban J connectivity index is 0.00000192. The fraction of sp³-hybridized carbons (Fsp3) is 0.529. The number of nitrogens with zero attached hydrogens (tertiary/aromatic N) is 1. The lowest BCUT2D eigenvalue weighted by molar-refractivity contribution is -0.121. The van der Waals surface area contributed by atoms with E-state index in [1.54, 1.807) is 4.90 Å². The summed E-state index contributed by atoms with van der Waals surface area (Å²) in [7, 11) is 0. The third-order valence-corrected chi connectivity index (χ3v) is 4.52. The normalized spacial score (nSPS) is 19.4. The van der Waals surface area contributed by atoms with Gasteiger partial charge in [0.05, 0.1) is 6.42 Å². The predicted octanol–water partition coefficient (Wildman–Crippen LogP) is 1.50. The van der Waals surface area contributed by atoms with Crippen LogP contribution in [-0.4, -0.2) is 38.0 Å². The number of para-hydroxylation sites is 1. The lowest BCUT2D eigenvalue weighted by atomic mass is 10.0. The molecule has 5 nitrogen and oxygen atoms in total. The van der Waals surface area contributed by atoms with Gasteiger partial charge in [-0.15, -0.1) is 12.4 Å². The van der Waals surface area contributed by atoms with Crippen LogP contribution < -0.4 is 15.5 Å². The number of fused-ring (bicyclic) bond motifs is 1. The summed E-state index contributed by atoms with van der Waals surface area (Å²) in [5, 5.41) is 6.25. The van der Waals surface area contributed by atoms with Crippen LogP contribution in [-0.2, 0) is 16.0 Å². The van der Waals surface area contributed by atoms with Crippen LogP contribution in [0.2, 0.25) is 0 Å². The molecule has 1 aromatic rings. The molecule has 2 amide bonds. The molecule has 0 saturated carbocycles. The SMILES string of the molecule is Cl.O=C(CCC1CCNC1)NCCN1C(=O)Cc2ccccc21. The van der Waals surface area contributed by atoms with Gasteiger partial charge in [-0.1, -0.05) is 18.2 Å². The van der Waals surface area contributed by atoms with E-state index in [-0.39, 0.29) is 24.2 Å². The first kappa shape index (κ1) is 17.8. The molecular formula is C17H24ClN3O2. The van der Waals surface area contributed by atoms with E-state index >= 15 is 0 Å². The molecule has 0 bridgehead atoms. The Morgan fingerprint density at radius 2 is 2.17 bits per heavy atom. The average Bonchev–Trinajstić information content (AvgIpc) is 3.13. The van der Waals surface area contributed by atoms with Gasteiger partial charge in [-0.25, -0.2) is 0 Å². The molecule has 1 atom stereocenters. The first-order valence-electron chi connectivity index (χ1n) is 8.10. The first-order valence-corrected chi connectivity index (χ1v) is 8.10. The summed E-state index contributed by atoms with van der Waals surface area (Å²) in [6.07, 6.45) is 3.17. The van der Waals surface area contributed by atoms with Crippen molar-refractivity contribution in [3.05, 3.63) is 29.8 Å². The van der Waals surface area contributed by atoms with Crippen LogP contribution in [0, 0.1) is 5.92 Å². The Kier molecular flexibility index (Phi) is 6.42. The molecule has 0 spiro atoms. The van der Waals surface area contributed by atoms with Crippen molar-refractivity contribution in [1.29, 1.82) is 0 Å². The molecule has 126 valence electrons. The maximum absolute atomic E-state index is 12.0. The quantitative estimate of drug-likeness (QED) is 0.827. The standard InChI is InChI=1S/C17H23N3O2.ClH/c21-16(6-5-13-7-8-18-12-13)19-9-10-20-15-4-2-1-3-14(15)11-17(20)22;/h1-4,13,18H,5-12H2,(H,19,21);1H. The molecule has 1 fully saturated rings. The summed E-state index contributed by atoms with van der Waals surface area (Å²) in [6, 6.07) is 7.85. The molecular weight excluding hydrogens is 314 g/mol. The van der Waals surface area contributed by atoms with Gasteiger partial charge in [-0.2, -0.15) is 0 Å². The van der Waals surface area contributed by atoms with Gasteiger partial charge in [0.2, 0.25) is 11.8 Å². The van der Waals surface area contributed by atoms with E-state index in [1.807, 2.05) is 24.3 Å². The summed E-state index contributed by atoms with van der Waals surface area (Å²) in [5.41, 5.74) is 2.06. The van der Waals surface area contributed by atoms with Crippen LogP contribution >= 0.6 is 12.4 Å². The number of anilines is 1. The molecule has 23 heavy (non-hydrogen) atoms. The highest BCUT2D eigenvalue weighted by atomic mass is 35.5. The van der Waals surface area contributed by atoms with E-state index in [4.69, 9.17) is 0 Å². The first-order chi connectivity index (χ1) is 10.7. The Bertz CT molecular complexity index is 559. The zero-order chi connectivity index (χ0) is 15.4. The fourth-order valence-electron chi connectivity index (χ4n) is 3.25. The highest BCUT2D eigenvalue weighted by Crippen LogP contribution is 2.27. The number of hydrogen-bond acceptors (Lipinski definition) is 3. The lowest BCUT2D eigenvalue weighted by Gasteiger charge is -2.17. The molecule has 0 aromatic heterocycles. The largest absolute Gasteiger partial charge is 0.354 e. The van der Waals surface area contributed by atoms with Gasteiger partial charge in [0.15, 0.2) is 0 Å². The fourth-order valence-corrected chi connectivity index (χ4v) is 3.25. The minimum Gasteiger partial charge on any atom is -0.354 e. The summed E-state index contributed by atoms with van der Waals surface area (Å²) < 4.78 is 0. The van der Waals surface area contributed by atoms with Crippen molar-refractivity contribution >= 4 is 29.9 Å². The molecule has 1 saturated heterocycles. The van der Waals surface area contributed by atoms with Gasteiger partial charge in [-0.3, -0.25) is 9.59 Å². The average molecular weight is 338 g/mol. The number of halogens is 1. The lowest BCUT2D eigenvalue weighted by Crippen LogP contribution is -2.36. The molecule has 0 radical (unpaired) electrons. The van der Waals surface area contributed by atoms with E-state index < -0.39 is 0 Å². The van der Waals surface area contributed by atoms with Crippen molar-refractivity contribution in [3.8, 4) is 0 Å². The minimum absolute atomic E-state index is 0. The zero-order valence-electron chi connectivity index (χ0n) is 13.2. The third kappa shape index (κ3) is 4.45. The van der Waals surface area contributed by atoms with Gasteiger partial charge in [0, 0.05) is 25.2 Å². The van der Waals surface area contributed by atoms with Gasteiger partial charge in [0.1, 0.15) is 0 Å². The number of amides is 2. The molecule has 2 aliphatic heterocycles. The Morgan fingerprint density at radius 1 is 1.35 bits per heavy atom. The van der Waals surface area contributed by atoms with Gasteiger partial charge >= 0.3 is 0 Å². The van der Waals surface area contributed by atoms with Crippen molar-refractivity contribution in [2.45, 2.75) is 25.7 Å². The highest BCUT2D eigenvalue weighted by Gasteiger charge is 2.26. The van der Waals surface area contributed by atoms with Crippen LogP contribution in [0.25, 0.3) is 0 Å². The van der Waals surface area contributed by atoms with Gasteiger partial charge < -0.3 is 15.5 Å². The number of carbonyl (C=O) groups is 2. The summed E-state index contributed by atoms with van der Waals surface area (Å²) in [5.74, 6) is 0.845. The van der Waals surface area contributed by atoms with Gasteiger partial charge in [-0.05, 0) is 43.5 Å². The van der Waals surface area contributed by atoms with Crippen molar-refractivity contribution < 1.29 is 9.59 Å². The molecule has 2 N–H and O–H groups in total. The molecule has 3 rings (SSSR count). The van der Waals surface area contributed by atoms with Crippen LogP contribution in [0.1, 0.15) is 24.8 Å². The van der Waals surface area contributed by atoms with E-state index in [9.17, 15) is 9.59 Å². The summed E-state index contributed by atoms with van der Waals surface area (Å²) in [4.78, 5) is 25.7. The zero-order valence-corrected chi connectivity index (χ0v) is 14.0. The number of rotatable bonds is 6. The molecule has 6 heteroatoms. The highest BCUT2D eigenvalue weighted by molar-refractivity contribution is 6.01. The Hall–Kier alpha value is -1.59. The molecule has 1 aromatic carbocycles. The van der Waals surface area contributed by atoms with E-state index in [2.05, 4.69) is 10.6 Å². The molecule has 1 unspecified atom stereocenters. The topological polar surface area (TPSA) is 61.4 Å². The second kappa shape index (κ2) is 8.31. The summed E-state index contributed by atoms with van der Waals surface area (Å²) >= 11 is 0. The smallest absolute Gasteiger partial charge is 0.231 e. The number of benzene rings is 1. The number of carbonyl (C=O) groups excluding carboxylic acids is 2. The Morgan fingerprint density at radius 3 is 2.96 bits per heavy atom. The van der Waals surface area contributed by atoms with Gasteiger partial charge in [0.25, 0.3) is 0 Å². The summed E-state index contributed by atoms with van der Waals surface area (Å²) in [6.45, 7) is 3.17. The van der Waals surface area contributed by atoms with Crippen LogP contribution in [0.4, 0.5) is 5.69 Å². The maximum atomic E-state index is 12.0. The van der Waals surface area contributed by atoms with Crippen molar-refractivity contribution in [2.24, 2.45) is 5.92 Å². The van der Waals surface area contributed by atoms with E-state index in [0.717, 1.165) is 30.8 Å².